The first-order chi connectivity index (χ1) is 17.3. The fourth-order valence-corrected chi connectivity index (χ4v) is 4.05. The third kappa shape index (κ3) is 8.91. The summed E-state index contributed by atoms with van der Waals surface area (Å²) in [6, 6.07) is 5.66. The number of aryl methyl sites for hydroxylation is 2. The van der Waals surface area contributed by atoms with Gasteiger partial charge in [0, 0.05) is 6.61 Å². The van der Waals surface area contributed by atoms with Crippen molar-refractivity contribution in [2.45, 2.75) is 79.1 Å². The van der Waals surface area contributed by atoms with E-state index in [1.165, 1.54) is 24.3 Å². The Labute approximate surface area is 219 Å². The van der Waals surface area contributed by atoms with Crippen LogP contribution in [-0.4, -0.2) is 43.2 Å². The zero-order chi connectivity index (χ0) is 27.8. The van der Waals surface area contributed by atoms with Gasteiger partial charge < -0.3 is 30.6 Å². The molecule has 7 heteroatoms. The first-order valence-corrected chi connectivity index (χ1v) is 12.7. The monoisotopic (exact) mass is 512 g/mol. The van der Waals surface area contributed by atoms with Crippen molar-refractivity contribution in [2.24, 2.45) is 10.8 Å². The molecule has 0 amide bonds. The predicted octanol–water partition coefficient (Wildman–Crippen LogP) is 5.46. The van der Waals surface area contributed by atoms with Crippen LogP contribution in [0.2, 0.25) is 0 Å². The summed E-state index contributed by atoms with van der Waals surface area (Å²) in [5, 5.41) is 60.4. The molecule has 202 valence electrons. The molecule has 0 saturated heterocycles. The Balaban J connectivity index is 2.15. The van der Waals surface area contributed by atoms with E-state index in [-0.39, 0.29) is 46.1 Å². The van der Waals surface area contributed by atoms with Gasteiger partial charge in [0.2, 0.25) is 0 Å². The van der Waals surface area contributed by atoms with Gasteiger partial charge in [-0.1, -0.05) is 38.5 Å². The summed E-state index contributed by atoms with van der Waals surface area (Å²) in [5.74, 6) is 4.54. The summed E-state index contributed by atoms with van der Waals surface area (Å²) in [5.41, 5.74) is 0.493. The normalized spacial score (nSPS) is 11.7. The summed E-state index contributed by atoms with van der Waals surface area (Å²) < 4.78 is 0. The zero-order valence-electron chi connectivity index (χ0n) is 22.3. The maximum atomic E-state index is 11.3. The first kappa shape index (κ1) is 29.9. The molecule has 0 aliphatic carbocycles. The smallest absolute Gasteiger partial charge is 0.309 e. The summed E-state index contributed by atoms with van der Waals surface area (Å²) in [6.07, 6.45) is 5.22. The average Bonchev–Trinajstić information content (AvgIpc) is 2.82. The van der Waals surface area contributed by atoms with Crippen LogP contribution in [0.25, 0.3) is 0 Å². The van der Waals surface area contributed by atoms with E-state index in [0.29, 0.717) is 43.2 Å². The number of unbranched alkanes of at least 4 members (excludes halogenated alkanes) is 2. The largest absolute Gasteiger partial charge is 0.508 e. The Bertz CT molecular complexity index is 1150. The van der Waals surface area contributed by atoms with E-state index < -0.39 is 11.4 Å². The van der Waals surface area contributed by atoms with Crippen molar-refractivity contribution < 1.29 is 35.4 Å². The number of aliphatic carboxylic acids is 1. The molecule has 0 aliphatic rings. The number of carbonyl (C=O) groups is 1. The SMILES string of the molecule is CC(C)(CO)CCCCc1cc(O)cc(C#Cc2cc(O)cc(CCCCC(C)(C)C(=O)O)c2O)c1O. The van der Waals surface area contributed by atoms with Gasteiger partial charge in [0.15, 0.2) is 0 Å². The minimum atomic E-state index is -0.853. The second-order valence-electron chi connectivity index (χ2n) is 11.2. The van der Waals surface area contributed by atoms with Crippen molar-refractivity contribution in [1.29, 1.82) is 0 Å². The minimum Gasteiger partial charge on any atom is -0.508 e. The number of benzene rings is 2. The molecule has 0 aromatic heterocycles. The van der Waals surface area contributed by atoms with Crippen LogP contribution in [-0.2, 0) is 17.6 Å². The van der Waals surface area contributed by atoms with Crippen molar-refractivity contribution in [1.82, 2.24) is 0 Å². The lowest BCUT2D eigenvalue weighted by Crippen LogP contribution is -2.23. The molecule has 2 aromatic rings. The fourth-order valence-electron chi connectivity index (χ4n) is 4.05. The Kier molecular flexibility index (Phi) is 10.3. The molecule has 0 unspecified atom stereocenters. The van der Waals surface area contributed by atoms with Crippen molar-refractivity contribution in [2.75, 3.05) is 6.61 Å². The quantitative estimate of drug-likeness (QED) is 0.126. The van der Waals surface area contributed by atoms with E-state index in [0.717, 1.165) is 19.3 Å². The van der Waals surface area contributed by atoms with Crippen LogP contribution in [0.5, 0.6) is 23.0 Å². The molecule has 0 spiro atoms. The highest BCUT2D eigenvalue weighted by Crippen LogP contribution is 2.32. The molecule has 2 aromatic carbocycles. The highest BCUT2D eigenvalue weighted by Gasteiger charge is 2.26. The zero-order valence-corrected chi connectivity index (χ0v) is 22.3. The Morgan fingerprint density at radius 3 is 1.57 bits per heavy atom. The highest BCUT2D eigenvalue weighted by molar-refractivity contribution is 5.73. The summed E-state index contributed by atoms with van der Waals surface area (Å²) in [4.78, 5) is 11.3. The summed E-state index contributed by atoms with van der Waals surface area (Å²) in [6.45, 7) is 7.45. The molecular weight excluding hydrogens is 472 g/mol. The lowest BCUT2D eigenvalue weighted by Gasteiger charge is -2.21. The van der Waals surface area contributed by atoms with E-state index in [1.807, 2.05) is 13.8 Å². The molecular formula is C30H40O7. The number of aliphatic hydroxyl groups is 1. The third-order valence-corrected chi connectivity index (χ3v) is 6.73. The minimum absolute atomic E-state index is 0.0297. The number of hydrogen-bond donors (Lipinski definition) is 6. The van der Waals surface area contributed by atoms with E-state index in [4.69, 9.17) is 0 Å². The molecule has 0 heterocycles. The van der Waals surface area contributed by atoms with Gasteiger partial charge in [-0.15, -0.1) is 0 Å². The van der Waals surface area contributed by atoms with Gasteiger partial charge in [-0.05, 0) is 93.2 Å². The van der Waals surface area contributed by atoms with E-state index in [1.54, 1.807) is 13.8 Å². The van der Waals surface area contributed by atoms with Crippen LogP contribution in [0.15, 0.2) is 24.3 Å². The van der Waals surface area contributed by atoms with Crippen LogP contribution >= 0.6 is 0 Å². The maximum Gasteiger partial charge on any atom is 0.309 e. The number of hydrogen-bond acceptors (Lipinski definition) is 6. The molecule has 0 saturated carbocycles. The van der Waals surface area contributed by atoms with Gasteiger partial charge in [-0.3, -0.25) is 4.79 Å². The second kappa shape index (κ2) is 12.7. The van der Waals surface area contributed by atoms with Gasteiger partial charge >= 0.3 is 5.97 Å². The average molecular weight is 513 g/mol. The van der Waals surface area contributed by atoms with Gasteiger partial charge in [0.25, 0.3) is 0 Å². The van der Waals surface area contributed by atoms with Gasteiger partial charge in [0.05, 0.1) is 16.5 Å². The van der Waals surface area contributed by atoms with Crippen molar-refractivity contribution in [3.63, 3.8) is 0 Å². The van der Waals surface area contributed by atoms with Crippen LogP contribution < -0.4 is 0 Å². The Morgan fingerprint density at radius 1 is 0.730 bits per heavy atom. The molecule has 6 N–H and O–H groups in total. The predicted molar refractivity (Wildman–Crippen MR) is 143 cm³/mol. The van der Waals surface area contributed by atoms with E-state index in [2.05, 4.69) is 11.8 Å². The van der Waals surface area contributed by atoms with Crippen molar-refractivity contribution in [3.05, 3.63) is 46.5 Å². The number of carboxylic acids is 1. The van der Waals surface area contributed by atoms with Gasteiger partial charge in [0.1, 0.15) is 23.0 Å². The van der Waals surface area contributed by atoms with Gasteiger partial charge in [-0.25, -0.2) is 0 Å². The number of aliphatic hydroxyl groups excluding tert-OH is 1. The number of phenols is 4. The highest BCUT2D eigenvalue weighted by atomic mass is 16.4. The van der Waals surface area contributed by atoms with Crippen molar-refractivity contribution in [3.8, 4) is 34.8 Å². The number of rotatable bonds is 12. The lowest BCUT2D eigenvalue weighted by atomic mass is 9.87. The molecule has 2 rings (SSSR count). The Hall–Kier alpha value is -3.37. The van der Waals surface area contributed by atoms with E-state index in [9.17, 15) is 35.4 Å². The maximum absolute atomic E-state index is 11.3. The molecule has 0 aliphatic heterocycles. The number of aromatic hydroxyl groups is 4. The molecule has 0 fully saturated rings. The first-order valence-electron chi connectivity index (χ1n) is 12.7. The van der Waals surface area contributed by atoms with Crippen LogP contribution in [0, 0.1) is 22.7 Å². The summed E-state index contributed by atoms with van der Waals surface area (Å²) in [7, 11) is 0. The molecule has 7 nitrogen and oxygen atoms in total. The molecule has 0 atom stereocenters. The third-order valence-electron chi connectivity index (χ3n) is 6.73. The summed E-state index contributed by atoms with van der Waals surface area (Å²) >= 11 is 0. The van der Waals surface area contributed by atoms with Crippen LogP contribution in [0.1, 0.15) is 88.5 Å². The standard InChI is InChI=1S/C30H40O7/c1-29(2,19-31)13-7-5-9-20-15-24(32)17-22(26(20)34)11-12-23-18-25(33)16-21(27(23)35)10-6-8-14-30(3,4)28(36)37/h15-18,31-35H,5-10,13-14,19H2,1-4H3,(H,36,37). The fraction of sp³-hybridized carbons (Fsp3) is 0.500. The van der Waals surface area contributed by atoms with Crippen LogP contribution in [0.3, 0.4) is 0 Å². The van der Waals surface area contributed by atoms with E-state index >= 15 is 0 Å². The van der Waals surface area contributed by atoms with Crippen molar-refractivity contribution >= 4 is 5.97 Å². The number of phenolic OH excluding ortho intramolecular Hbond substituents is 4. The molecule has 0 radical (unpaired) electrons. The van der Waals surface area contributed by atoms with Crippen LogP contribution in [0.4, 0.5) is 0 Å². The topological polar surface area (TPSA) is 138 Å². The second-order valence-corrected chi connectivity index (χ2v) is 11.2. The lowest BCUT2D eigenvalue weighted by molar-refractivity contribution is -0.147. The molecule has 0 bridgehead atoms. The number of carboxylic acid groups (broad SMARTS) is 1. The Morgan fingerprint density at radius 2 is 1.16 bits per heavy atom. The molecule has 37 heavy (non-hydrogen) atoms. The van der Waals surface area contributed by atoms with Gasteiger partial charge in [-0.2, -0.15) is 0 Å².